The first-order valence-electron chi connectivity index (χ1n) is 5.75. The Morgan fingerprint density at radius 3 is 2.75 bits per heavy atom. The minimum absolute atomic E-state index is 0.709. The van der Waals surface area contributed by atoms with E-state index < -0.39 is 0 Å². The highest BCUT2D eigenvalue weighted by atomic mass is 16.5. The Bertz CT molecular complexity index is 424. The second kappa shape index (κ2) is 4.08. The number of rotatable bonds is 2. The Morgan fingerprint density at radius 1 is 1.06 bits per heavy atom. The summed E-state index contributed by atoms with van der Waals surface area (Å²) in [7, 11) is 0. The van der Waals surface area contributed by atoms with Crippen LogP contribution in [0.4, 0.5) is 0 Å². The number of ether oxygens (including phenoxy) is 1. The summed E-state index contributed by atoms with van der Waals surface area (Å²) in [5.74, 6) is 0.778. The SMILES string of the molecule is c1cc(C2=NCCC2)cc(C2=NCCO2)c1. The van der Waals surface area contributed by atoms with E-state index in [1.54, 1.807) is 0 Å². The predicted molar refractivity (Wildman–Crippen MR) is 64.4 cm³/mol. The van der Waals surface area contributed by atoms with Gasteiger partial charge in [-0.2, -0.15) is 0 Å². The lowest BCUT2D eigenvalue weighted by atomic mass is 10.0. The molecule has 3 rings (SSSR count). The van der Waals surface area contributed by atoms with Crippen LogP contribution in [0, 0.1) is 0 Å². The number of nitrogens with zero attached hydrogens (tertiary/aromatic N) is 2. The molecule has 0 amide bonds. The minimum atomic E-state index is 0.709. The number of aliphatic imine (C=N–C) groups is 2. The van der Waals surface area contributed by atoms with Crippen molar-refractivity contribution in [1.29, 1.82) is 0 Å². The molecule has 0 saturated carbocycles. The van der Waals surface area contributed by atoms with Gasteiger partial charge in [0, 0.05) is 17.8 Å². The summed E-state index contributed by atoms with van der Waals surface area (Å²) in [6, 6.07) is 8.34. The lowest BCUT2D eigenvalue weighted by molar-refractivity contribution is 0.348. The van der Waals surface area contributed by atoms with Gasteiger partial charge in [-0.05, 0) is 30.5 Å². The van der Waals surface area contributed by atoms with Gasteiger partial charge in [0.2, 0.25) is 5.90 Å². The first-order chi connectivity index (χ1) is 7.93. The Balaban J connectivity index is 1.93. The molecule has 0 atom stereocenters. The summed E-state index contributed by atoms with van der Waals surface area (Å²) in [6.45, 7) is 2.46. The summed E-state index contributed by atoms with van der Waals surface area (Å²) < 4.78 is 5.47. The molecule has 3 heteroatoms. The fourth-order valence-corrected chi connectivity index (χ4v) is 2.12. The summed E-state index contributed by atoms with van der Waals surface area (Å²) in [4.78, 5) is 8.84. The summed E-state index contributed by atoms with van der Waals surface area (Å²) in [6.07, 6.45) is 2.27. The molecule has 1 aromatic carbocycles. The molecule has 0 aliphatic carbocycles. The Labute approximate surface area is 94.9 Å². The van der Waals surface area contributed by atoms with Crippen LogP contribution in [0.2, 0.25) is 0 Å². The third kappa shape index (κ3) is 1.73. The van der Waals surface area contributed by atoms with Crippen molar-refractivity contribution in [3.63, 3.8) is 0 Å². The minimum Gasteiger partial charge on any atom is -0.476 e. The highest BCUT2D eigenvalue weighted by Gasteiger charge is 2.13. The van der Waals surface area contributed by atoms with Crippen LogP contribution < -0.4 is 0 Å². The standard InChI is InChI=1S/C13H14N2O/c1-3-10(12-5-2-6-14-12)9-11(4-1)13-15-7-8-16-13/h1,3-4,9H,2,5-8H2. The largest absolute Gasteiger partial charge is 0.476 e. The molecular formula is C13H14N2O. The quantitative estimate of drug-likeness (QED) is 0.741. The highest BCUT2D eigenvalue weighted by molar-refractivity contribution is 6.04. The molecule has 3 nitrogen and oxygen atoms in total. The van der Waals surface area contributed by atoms with Gasteiger partial charge in [0.1, 0.15) is 6.61 Å². The zero-order chi connectivity index (χ0) is 10.8. The summed E-state index contributed by atoms with van der Waals surface area (Å²) in [5, 5.41) is 0. The van der Waals surface area contributed by atoms with Crippen LogP contribution in [0.3, 0.4) is 0 Å². The van der Waals surface area contributed by atoms with Crippen LogP contribution in [0.5, 0.6) is 0 Å². The molecule has 0 spiro atoms. The molecule has 0 unspecified atom stereocenters. The summed E-state index contributed by atoms with van der Waals surface area (Å²) >= 11 is 0. The molecule has 2 aliphatic heterocycles. The van der Waals surface area contributed by atoms with E-state index in [-0.39, 0.29) is 0 Å². The maximum absolute atomic E-state index is 5.47. The second-order valence-electron chi connectivity index (χ2n) is 4.05. The molecule has 2 heterocycles. The third-order valence-electron chi connectivity index (χ3n) is 2.90. The van der Waals surface area contributed by atoms with Crippen LogP contribution in [0.1, 0.15) is 24.0 Å². The van der Waals surface area contributed by atoms with E-state index in [0.717, 1.165) is 31.0 Å². The smallest absolute Gasteiger partial charge is 0.216 e. The van der Waals surface area contributed by atoms with Gasteiger partial charge < -0.3 is 4.74 Å². The molecule has 16 heavy (non-hydrogen) atoms. The van der Waals surface area contributed by atoms with E-state index in [4.69, 9.17) is 4.74 Å². The van der Waals surface area contributed by atoms with E-state index in [1.165, 1.54) is 17.7 Å². The lowest BCUT2D eigenvalue weighted by Gasteiger charge is -2.05. The Kier molecular flexibility index (Phi) is 2.44. The van der Waals surface area contributed by atoms with Crippen LogP contribution >= 0.6 is 0 Å². The van der Waals surface area contributed by atoms with Crippen molar-refractivity contribution < 1.29 is 4.74 Å². The second-order valence-corrected chi connectivity index (χ2v) is 4.05. The highest BCUT2D eigenvalue weighted by Crippen LogP contribution is 2.16. The van der Waals surface area contributed by atoms with Crippen molar-refractivity contribution in [2.75, 3.05) is 19.7 Å². The van der Waals surface area contributed by atoms with Crippen LogP contribution in [-0.4, -0.2) is 31.3 Å². The van der Waals surface area contributed by atoms with Gasteiger partial charge in [-0.1, -0.05) is 12.1 Å². The monoisotopic (exact) mass is 214 g/mol. The van der Waals surface area contributed by atoms with Crippen LogP contribution in [0.25, 0.3) is 0 Å². The fourth-order valence-electron chi connectivity index (χ4n) is 2.12. The van der Waals surface area contributed by atoms with Gasteiger partial charge in [-0.25, -0.2) is 4.99 Å². The van der Waals surface area contributed by atoms with Crippen molar-refractivity contribution in [1.82, 2.24) is 0 Å². The van der Waals surface area contributed by atoms with Crippen LogP contribution in [0.15, 0.2) is 34.3 Å². The molecule has 2 aliphatic rings. The van der Waals surface area contributed by atoms with Gasteiger partial charge in [0.05, 0.1) is 6.54 Å². The third-order valence-corrected chi connectivity index (χ3v) is 2.90. The maximum Gasteiger partial charge on any atom is 0.216 e. The van der Waals surface area contributed by atoms with Crippen molar-refractivity contribution in [3.8, 4) is 0 Å². The first-order valence-corrected chi connectivity index (χ1v) is 5.75. The molecule has 82 valence electrons. The van der Waals surface area contributed by atoms with Gasteiger partial charge >= 0.3 is 0 Å². The molecule has 1 aromatic rings. The molecule has 0 fully saturated rings. The lowest BCUT2D eigenvalue weighted by Crippen LogP contribution is -2.03. The average Bonchev–Trinajstić information content (AvgIpc) is 3.03. The molecule has 0 saturated heterocycles. The average molecular weight is 214 g/mol. The van der Waals surface area contributed by atoms with Crippen LogP contribution in [-0.2, 0) is 4.74 Å². The van der Waals surface area contributed by atoms with Crippen molar-refractivity contribution in [2.45, 2.75) is 12.8 Å². The van der Waals surface area contributed by atoms with E-state index in [2.05, 4.69) is 28.2 Å². The van der Waals surface area contributed by atoms with Gasteiger partial charge in [-0.3, -0.25) is 4.99 Å². The van der Waals surface area contributed by atoms with E-state index >= 15 is 0 Å². The zero-order valence-electron chi connectivity index (χ0n) is 9.15. The maximum atomic E-state index is 5.47. The van der Waals surface area contributed by atoms with E-state index in [0.29, 0.717) is 6.61 Å². The van der Waals surface area contributed by atoms with Gasteiger partial charge in [-0.15, -0.1) is 0 Å². The number of benzene rings is 1. The zero-order valence-corrected chi connectivity index (χ0v) is 9.15. The number of hydrogen-bond donors (Lipinski definition) is 0. The van der Waals surface area contributed by atoms with Crippen molar-refractivity contribution >= 4 is 11.6 Å². The van der Waals surface area contributed by atoms with Gasteiger partial charge in [0.15, 0.2) is 0 Å². The van der Waals surface area contributed by atoms with E-state index in [9.17, 15) is 0 Å². The molecule has 0 aromatic heterocycles. The van der Waals surface area contributed by atoms with Crippen molar-refractivity contribution in [3.05, 3.63) is 35.4 Å². The molecule has 0 bridgehead atoms. The molecule has 0 N–H and O–H groups in total. The summed E-state index contributed by atoms with van der Waals surface area (Å²) in [5.41, 5.74) is 3.51. The normalized spacial score (nSPS) is 19.2. The molecular weight excluding hydrogens is 200 g/mol. The predicted octanol–water partition coefficient (Wildman–Crippen LogP) is 2.05. The fraction of sp³-hybridized carbons (Fsp3) is 0.385. The first kappa shape index (κ1) is 9.58. The van der Waals surface area contributed by atoms with Gasteiger partial charge in [0.25, 0.3) is 0 Å². The Hall–Kier alpha value is -1.64. The Morgan fingerprint density at radius 2 is 2.00 bits per heavy atom. The van der Waals surface area contributed by atoms with E-state index in [1.807, 2.05) is 6.07 Å². The van der Waals surface area contributed by atoms with Crippen molar-refractivity contribution in [2.24, 2.45) is 9.98 Å². The number of hydrogen-bond acceptors (Lipinski definition) is 3. The topological polar surface area (TPSA) is 34.0 Å². The molecule has 0 radical (unpaired) electrons.